The normalized spacial score (nSPS) is 10.2. The van der Waals surface area contributed by atoms with E-state index in [0.29, 0.717) is 17.3 Å². The van der Waals surface area contributed by atoms with E-state index >= 15 is 0 Å². The maximum atomic E-state index is 12.0. The quantitative estimate of drug-likeness (QED) is 0.887. The summed E-state index contributed by atoms with van der Waals surface area (Å²) >= 11 is 5.78. The van der Waals surface area contributed by atoms with Gasteiger partial charge in [-0.05, 0) is 29.8 Å². The largest absolute Gasteiger partial charge is 0.480 e. The number of aliphatic carboxylic acids is 1. The number of carbonyl (C=O) groups is 2. The molecule has 0 radical (unpaired) electrons. The minimum absolute atomic E-state index is 0.239. The lowest BCUT2D eigenvalue weighted by Crippen LogP contribution is -2.26. The Balaban J connectivity index is 2.00. The zero-order valence-electron chi connectivity index (χ0n) is 10.5. The highest BCUT2D eigenvalue weighted by atomic mass is 35.5. The van der Waals surface area contributed by atoms with E-state index in [0.717, 1.165) is 5.56 Å². The lowest BCUT2D eigenvalue weighted by atomic mass is 10.2. The molecule has 0 saturated heterocycles. The number of hydrogen-bond acceptors (Lipinski definition) is 2. The van der Waals surface area contributed by atoms with Crippen LogP contribution in [-0.2, 0) is 17.9 Å². The highest BCUT2D eigenvalue weighted by Gasteiger charge is 2.12. The van der Waals surface area contributed by atoms with Gasteiger partial charge in [0.2, 0.25) is 0 Å². The summed E-state index contributed by atoms with van der Waals surface area (Å²) in [7, 11) is 0. The van der Waals surface area contributed by atoms with Crippen molar-refractivity contribution in [2.45, 2.75) is 13.1 Å². The van der Waals surface area contributed by atoms with Crippen molar-refractivity contribution in [2.24, 2.45) is 0 Å². The number of halogens is 1. The fourth-order valence-corrected chi connectivity index (χ4v) is 1.90. The number of benzene rings is 1. The third-order valence-corrected chi connectivity index (χ3v) is 2.99. The Labute approximate surface area is 120 Å². The molecule has 2 aromatic rings. The molecule has 5 nitrogen and oxygen atoms in total. The number of aromatic nitrogens is 1. The van der Waals surface area contributed by atoms with Gasteiger partial charge in [0.25, 0.3) is 5.91 Å². The van der Waals surface area contributed by atoms with Gasteiger partial charge in [0.15, 0.2) is 0 Å². The van der Waals surface area contributed by atoms with Crippen LogP contribution in [-0.4, -0.2) is 21.6 Å². The zero-order chi connectivity index (χ0) is 14.5. The van der Waals surface area contributed by atoms with Crippen LogP contribution in [0.1, 0.15) is 16.1 Å². The minimum Gasteiger partial charge on any atom is -0.480 e. The zero-order valence-corrected chi connectivity index (χ0v) is 11.3. The summed E-state index contributed by atoms with van der Waals surface area (Å²) in [6.07, 6.45) is 1.56. The lowest BCUT2D eigenvalue weighted by Gasteiger charge is -2.08. The number of rotatable bonds is 5. The Morgan fingerprint density at radius 2 is 1.90 bits per heavy atom. The molecular formula is C14H13ClN2O3. The molecule has 0 unspecified atom stereocenters. The van der Waals surface area contributed by atoms with E-state index in [1.165, 1.54) is 4.57 Å². The van der Waals surface area contributed by atoms with Crippen molar-refractivity contribution in [3.8, 4) is 0 Å². The fraction of sp³-hybridized carbons (Fsp3) is 0.143. The monoisotopic (exact) mass is 292 g/mol. The molecule has 104 valence electrons. The number of nitrogens with zero attached hydrogens (tertiary/aromatic N) is 1. The van der Waals surface area contributed by atoms with Crippen molar-refractivity contribution < 1.29 is 14.7 Å². The smallest absolute Gasteiger partial charge is 0.323 e. The van der Waals surface area contributed by atoms with Crippen LogP contribution in [0.5, 0.6) is 0 Å². The first-order valence-corrected chi connectivity index (χ1v) is 6.33. The van der Waals surface area contributed by atoms with Gasteiger partial charge in [0, 0.05) is 17.8 Å². The Kier molecular flexibility index (Phi) is 4.42. The van der Waals surface area contributed by atoms with Crippen LogP contribution in [0.4, 0.5) is 0 Å². The summed E-state index contributed by atoms with van der Waals surface area (Å²) in [6.45, 7) is 0.116. The van der Waals surface area contributed by atoms with Crippen molar-refractivity contribution in [1.29, 1.82) is 0 Å². The average molecular weight is 293 g/mol. The number of carboxylic acid groups (broad SMARTS) is 1. The molecule has 0 saturated carbocycles. The molecule has 6 heteroatoms. The molecule has 0 bridgehead atoms. The van der Waals surface area contributed by atoms with E-state index < -0.39 is 5.97 Å². The minimum atomic E-state index is -0.993. The summed E-state index contributed by atoms with van der Waals surface area (Å²) in [4.78, 5) is 22.7. The molecule has 0 aliphatic rings. The Bertz CT molecular complexity index is 620. The van der Waals surface area contributed by atoms with Crippen LogP contribution in [0.3, 0.4) is 0 Å². The summed E-state index contributed by atoms with van der Waals surface area (Å²) in [5.41, 5.74) is 1.24. The lowest BCUT2D eigenvalue weighted by molar-refractivity contribution is -0.137. The van der Waals surface area contributed by atoms with Crippen molar-refractivity contribution in [2.75, 3.05) is 0 Å². The Morgan fingerprint density at radius 3 is 2.55 bits per heavy atom. The molecule has 1 heterocycles. The molecule has 20 heavy (non-hydrogen) atoms. The van der Waals surface area contributed by atoms with E-state index in [1.807, 2.05) is 12.1 Å². The SMILES string of the molecule is O=C(O)Cn1cccc1C(=O)NCc1ccc(Cl)cc1. The molecule has 0 aliphatic heterocycles. The number of carboxylic acids is 1. The van der Waals surface area contributed by atoms with Crippen molar-refractivity contribution >= 4 is 23.5 Å². The number of nitrogens with one attached hydrogen (secondary N) is 1. The third kappa shape index (κ3) is 3.61. The highest BCUT2D eigenvalue weighted by Crippen LogP contribution is 2.09. The van der Waals surface area contributed by atoms with E-state index in [1.54, 1.807) is 30.5 Å². The van der Waals surface area contributed by atoms with Gasteiger partial charge < -0.3 is 15.0 Å². The molecule has 0 fully saturated rings. The third-order valence-electron chi connectivity index (χ3n) is 2.73. The summed E-state index contributed by atoms with van der Waals surface area (Å²) in [5, 5.41) is 12.1. The maximum absolute atomic E-state index is 12.0. The van der Waals surface area contributed by atoms with Crippen LogP contribution in [0.25, 0.3) is 0 Å². The molecule has 0 aliphatic carbocycles. The first kappa shape index (κ1) is 14.1. The van der Waals surface area contributed by atoms with Gasteiger partial charge in [-0.2, -0.15) is 0 Å². The molecule has 2 rings (SSSR count). The Morgan fingerprint density at radius 1 is 1.20 bits per heavy atom. The van der Waals surface area contributed by atoms with E-state index in [2.05, 4.69) is 5.32 Å². The Hall–Kier alpha value is -2.27. The number of hydrogen-bond donors (Lipinski definition) is 2. The van der Waals surface area contributed by atoms with Gasteiger partial charge in [-0.3, -0.25) is 9.59 Å². The van der Waals surface area contributed by atoms with E-state index in [4.69, 9.17) is 16.7 Å². The molecule has 1 aromatic carbocycles. The molecule has 1 aromatic heterocycles. The van der Waals surface area contributed by atoms with Crippen LogP contribution < -0.4 is 5.32 Å². The van der Waals surface area contributed by atoms with Gasteiger partial charge in [-0.25, -0.2) is 0 Å². The van der Waals surface area contributed by atoms with Crippen LogP contribution >= 0.6 is 11.6 Å². The first-order valence-electron chi connectivity index (χ1n) is 5.96. The number of amides is 1. The van der Waals surface area contributed by atoms with E-state index in [9.17, 15) is 9.59 Å². The first-order chi connectivity index (χ1) is 9.56. The standard InChI is InChI=1S/C14H13ClN2O3/c15-11-5-3-10(4-6-11)8-16-14(20)12-2-1-7-17(12)9-13(18)19/h1-7H,8-9H2,(H,16,20)(H,18,19). The van der Waals surface area contributed by atoms with Crippen LogP contribution in [0.15, 0.2) is 42.6 Å². The molecule has 0 spiro atoms. The average Bonchev–Trinajstić information content (AvgIpc) is 2.85. The topological polar surface area (TPSA) is 71.3 Å². The summed E-state index contributed by atoms with van der Waals surface area (Å²) in [5.74, 6) is -1.31. The molecule has 1 amide bonds. The van der Waals surface area contributed by atoms with Crippen LogP contribution in [0.2, 0.25) is 5.02 Å². The van der Waals surface area contributed by atoms with Crippen molar-refractivity contribution in [1.82, 2.24) is 9.88 Å². The van der Waals surface area contributed by atoms with Crippen LogP contribution in [0, 0.1) is 0 Å². The molecular weight excluding hydrogens is 280 g/mol. The van der Waals surface area contributed by atoms with Gasteiger partial charge in [-0.15, -0.1) is 0 Å². The van der Waals surface area contributed by atoms with Gasteiger partial charge >= 0.3 is 5.97 Å². The second kappa shape index (κ2) is 6.25. The van der Waals surface area contributed by atoms with Gasteiger partial charge in [0.1, 0.15) is 12.2 Å². The number of carbonyl (C=O) groups excluding carboxylic acids is 1. The molecule has 0 atom stereocenters. The van der Waals surface area contributed by atoms with E-state index in [-0.39, 0.29) is 12.5 Å². The summed E-state index contributed by atoms with van der Waals surface area (Å²) < 4.78 is 1.39. The summed E-state index contributed by atoms with van der Waals surface area (Å²) in [6, 6.07) is 10.4. The molecule has 2 N–H and O–H groups in total. The highest BCUT2D eigenvalue weighted by molar-refractivity contribution is 6.30. The van der Waals surface area contributed by atoms with Crippen molar-refractivity contribution in [3.05, 3.63) is 58.9 Å². The van der Waals surface area contributed by atoms with Gasteiger partial charge in [0.05, 0.1) is 0 Å². The van der Waals surface area contributed by atoms with Crippen molar-refractivity contribution in [3.63, 3.8) is 0 Å². The van der Waals surface area contributed by atoms with Gasteiger partial charge in [-0.1, -0.05) is 23.7 Å². The fourth-order valence-electron chi connectivity index (χ4n) is 1.78. The maximum Gasteiger partial charge on any atom is 0.323 e. The predicted molar refractivity (Wildman–Crippen MR) is 74.7 cm³/mol. The second-order valence-electron chi connectivity index (χ2n) is 4.22. The predicted octanol–water partition coefficient (Wildman–Crippen LogP) is 2.16. The second-order valence-corrected chi connectivity index (χ2v) is 4.66.